The molecule has 0 radical (unpaired) electrons. The highest BCUT2D eigenvalue weighted by Gasteiger charge is 2.59. The number of carbonyl (C=O) groups is 1. The van der Waals surface area contributed by atoms with Crippen LogP contribution in [0.4, 0.5) is 8.78 Å². The van der Waals surface area contributed by atoms with Crippen LogP contribution in [0.3, 0.4) is 0 Å². The van der Waals surface area contributed by atoms with Gasteiger partial charge in [0.2, 0.25) is 5.91 Å². The molecule has 1 saturated heterocycles. The van der Waals surface area contributed by atoms with Gasteiger partial charge in [-0.15, -0.1) is 0 Å². The van der Waals surface area contributed by atoms with Gasteiger partial charge in [0.05, 0.1) is 6.54 Å². The molecule has 2 fully saturated rings. The van der Waals surface area contributed by atoms with E-state index >= 15 is 0 Å². The van der Waals surface area contributed by atoms with Gasteiger partial charge in [0.15, 0.2) is 0 Å². The largest absolute Gasteiger partial charge is 0.316 e. The number of thiophene rings is 1. The van der Waals surface area contributed by atoms with E-state index in [-0.39, 0.29) is 12.1 Å². The van der Waals surface area contributed by atoms with Crippen molar-refractivity contribution in [3.63, 3.8) is 0 Å². The van der Waals surface area contributed by atoms with Crippen molar-refractivity contribution in [1.29, 1.82) is 0 Å². The van der Waals surface area contributed by atoms with E-state index in [4.69, 9.17) is 0 Å². The molecule has 1 aromatic rings. The van der Waals surface area contributed by atoms with Crippen LogP contribution in [0.5, 0.6) is 0 Å². The van der Waals surface area contributed by atoms with Gasteiger partial charge in [0.25, 0.3) is 6.43 Å². The van der Waals surface area contributed by atoms with Gasteiger partial charge in [-0.25, -0.2) is 8.78 Å². The molecule has 1 amide bonds. The van der Waals surface area contributed by atoms with Gasteiger partial charge in [-0.3, -0.25) is 10.1 Å². The average Bonchev–Trinajstić information content (AvgIpc) is 2.76. The molecule has 17 heavy (non-hydrogen) atoms. The number of carbonyl (C=O) groups excluding carboxylic acids is 1. The van der Waals surface area contributed by atoms with Crippen LogP contribution < -0.4 is 5.32 Å². The number of halogens is 2. The lowest BCUT2D eigenvalue weighted by atomic mass is 10.2. The van der Waals surface area contributed by atoms with Crippen LogP contribution in [0.1, 0.15) is 24.6 Å². The van der Waals surface area contributed by atoms with Gasteiger partial charge in [0, 0.05) is 0 Å². The van der Waals surface area contributed by atoms with E-state index in [1.165, 1.54) is 16.2 Å². The molecule has 3 nitrogen and oxygen atoms in total. The predicted octanol–water partition coefficient (Wildman–Crippen LogP) is 1.98. The molecule has 1 atom stereocenters. The molecule has 92 valence electrons. The second-order valence-electron chi connectivity index (χ2n) is 4.53. The third-order valence-corrected chi connectivity index (χ3v) is 4.04. The van der Waals surface area contributed by atoms with Crippen molar-refractivity contribution in [3.05, 3.63) is 22.4 Å². The Morgan fingerprint density at radius 2 is 2.35 bits per heavy atom. The van der Waals surface area contributed by atoms with Gasteiger partial charge in [-0.2, -0.15) is 11.3 Å². The van der Waals surface area contributed by atoms with Crippen molar-refractivity contribution in [1.82, 2.24) is 10.2 Å². The van der Waals surface area contributed by atoms with E-state index < -0.39 is 18.5 Å². The summed E-state index contributed by atoms with van der Waals surface area (Å²) in [5.41, 5.74) is 0.356. The highest BCUT2D eigenvalue weighted by Crippen LogP contribution is 2.46. The molecule has 1 saturated carbocycles. The van der Waals surface area contributed by atoms with Crippen LogP contribution in [0.15, 0.2) is 16.8 Å². The maximum atomic E-state index is 12.5. The maximum absolute atomic E-state index is 12.5. The summed E-state index contributed by atoms with van der Waals surface area (Å²) in [4.78, 5) is 13.3. The van der Waals surface area contributed by atoms with Crippen molar-refractivity contribution in [3.8, 4) is 0 Å². The van der Waals surface area contributed by atoms with Crippen molar-refractivity contribution < 1.29 is 13.6 Å². The molecule has 2 aliphatic rings. The number of hydrogen-bond acceptors (Lipinski definition) is 3. The summed E-state index contributed by atoms with van der Waals surface area (Å²) in [7, 11) is 0. The number of nitrogens with zero attached hydrogens (tertiary/aromatic N) is 1. The van der Waals surface area contributed by atoms with Crippen LogP contribution in [0.25, 0.3) is 0 Å². The second kappa shape index (κ2) is 3.74. The van der Waals surface area contributed by atoms with Crippen LogP contribution in [0, 0.1) is 0 Å². The van der Waals surface area contributed by atoms with Gasteiger partial charge < -0.3 is 4.90 Å². The lowest BCUT2D eigenvalue weighted by Crippen LogP contribution is -2.35. The Balaban J connectivity index is 1.88. The van der Waals surface area contributed by atoms with Gasteiger partial charge in [-0.05, 0) is 35.2 Å². The van der Waals surface area contributed by atoms with E-state index in [9.17, 15) is 13.6 Å². The van der Waals surface area contributed by atoms with Crippen LogP contribution in [-0.2, 0) is 4.79 Å². The standard InChI is InChI=1S/C11H12F2N2OS/c12-8(13)5-15-9(7-1-4-17-6-7)14-11(2-3-11)10(15)16/h1,4,6,8-9,14H,2-3,5H2. The van der Waals surface area contributed by atoms with Crippen LogP contribution in [0.2, 0.25) is 0 Å². The Labute approximate surface area is 101 Å². The SMILES string of the molecule is O=C1N(CC(F)F)C(c2ccsc2)NC12CC2. The molecule has 3 rings (SSSR count). The number of hydrogen-bond donors (Lipinski definition) is 1. The third-order valence-electron chi connectivity index (χ3n) is 3.34. The van der Waals surface area contributed by atoms with Crippen molar-refractivity contribution in [2.75, 3.05) is 6.54 Å². The van der Waals surface area contributed by atoms with E-state index in [0.29, 0.717) is 0 Å². The number of nitrogens with one attached hydrogen (secondary N) is 1. The Morgan fingerprint density at radius 3 is 2.88 bits per heavy atom. The molecule has 2 heterocycles. The highest BCUT2D eigenvalue weighted by molar-refractivity contribution is 7.07. The summed E-state index contributed by atoms with van der Waals surface area (Å²) in [5, 5.41) is 6.98. The molecule has 1 aromatic heterocycles. The molecule has 1 spiro atoms. The van der Waals surface area contributed by atoms with Gasteiger partial charge in [-0.1, -0.05) is 0 Å². The summed E-state index contributed by atoms with van der Waals surface area (Å²) >= 11 is 1.50. The number of rotatable bonds is 3. The number of amides is 1. The highest BCUT2D eigenvalue weighted by atomic mass is 32.1. The fourth-order valence-electron chi connectivity index (χ4n) is 2.31. The Morgan fingerprint density at radius 1 is 1.59 bits per heavy atom. The number of alkyl halides is 2. The molecular weight excluding hydrogens is 246 g/mol. The first-order valence-electron chi connectivity index (χ1n) is 5.51. The monoisotopic (exact) mass is 258 g/mol. The molecule has 0 aromatic carbocycles. The van der Waals surface area contributed by atoms with Crippen LogP contribution >= 0.6 is 11.3 Å². The lowest BCUT2D eigenvalue weighted by Gasteiger charge is -2.23. The average molecular weight is 258 g/mol. The molecule has 6 heteroatoms. The maximum Gasteiger partial charge on any atom is 0.255 e. The first kappa shape index (κ1) is 11.1. The normalized spacial score (nSPS) is 26.2. The zero-order chi connectivity index (χ0) is 12.0. The predicted molar refractivity (Wildman–Crippen MR) is 59.9 cm³/mol. The van der Waals surface area contributed by atoms with E-state index in [2.05, 4.69) is 5.32 Å². The summed E-state index contributed by atoms with van der Waals surface area (Å²) in [5.74, 6) is -0.172. The Bertz CT molecular complexity index is 431. The molecule has 1 N–H and O–H groups in total. The zero-order valence-corrected chi connectivity index (χ0v) is 9.84. The topological polar surface area (TPSA) is 32.3 Å². The first-order chi connectivity index (χ1) is 8.12. The van der Waals surface area contributed by atoms with Crippen LogP contribution in [-0.4, -0.2) is 29.3 Å². The smallest absolute Gasteiger partial charge is 0.255 e. The third kappa shape index (κ3) is 1.75. The Hall–Kier alpha value is -1.01. The van der Waals surface area contributed by atoms with Crippen molar-refractivity contribution in [2.45, 2.75) is 31.0 Å². The molecule has 1 unspecified atom stereocenters. The Kier molecular flexibility index (Phi) is 2.45. The second-order valence-corrected chi connectivity index (χ2v) is 5.31. The minimum absolute atomic E-state index is 0.172. The van der Waals surface area contributed by atoms with E-state index in [1.54, 1.807) is 0 Å². The minimum atomic E-state index is -2.49. The first-order valence-corrected chi connectivity index (χ1v) is 6.46. The molecule has 1 aliphatic carbocycles. The molecular formula is C11H12F2N2OS. The fourth-order valence-corrected chi connectivity index (χ4v) is 2.99. The van der Waals surface area contributed by atoms with Crippen molar-refractivity contribution in [2.24, 2.45) is 0 Å². The van der Waals surface area contributed by atoms with E-state index in [0.717, 1.165) is 18.4 Å². The fraction of sp³-hybridized carbons (Fsp3) is 0.545. The quantitative estimate of drug-likeness (QED) is 0.899. The van der Waals surface area contributed by atoms with E-state index in [1.807, 2.05) is 16.8 Å². The molecule has 1 aliphatic heterocycles. The van der Waals surface area contributed by atoms with Gasteiger partial charge in [0.1, 0.15) is 11.7 Å². The molecule has 0 bridgehead atoms. The van der Waals surface area contributed by atoms with Gasteiger partial charge >= 0.3 is 0 Å². The summed E-state index contributed by atoms with van der Waals surface area (Å²) < 4.78 is 25.1. The zero-order valence-electron chi connectivity index (χ0n) is 9.03. The summed E-state index contributed by atoms with van der Waals surface area (Å²) in [6.07, 6.45) is -1.36. The summed E-state index contributed by atoms with van der Waals surface area (Å²) in [6, 6.07) is 1.87. The summed E-state index contributed by atoms with van der Waals surface area (Å²) in [6.45, 7) is -0.492. The van der Waals surface area contributed by atoms with Crippen molar-refractivity contribution >= 4 is 17.2 Å². The lowest BCUT2D eigenvalue weighted by molar-refractivity contribution is -0.132. The minimum Gasteiger partial charge on any atom is -0.316 e.